The molecule has 3 rings (SSSR count). The van der Waals surface area contributed by atoms with Crippen molar-refractivity contribution in [3.8, 4) is 0 Å². The number of carbonyl (C=O) groups excluding carboxylic acids is 1. The van der Waals surface area contributed by atoms with E-state index in [0.717, 1.165) is 52.1 Å². The lowest BCUT2D eigenvalue weighted by atomic mass is 10.1. The second-order valence-corrected chi connectivity index (χ2v) is 5.92. The monoisotopic (exact) mass is 276 g/mol. The molecule has 20 heavy (non-hydrogen) atoms. The van der Waals surface area contributed by atoms with E-state index in [2.05, 4.69) is 14.9 Å². The fourth-order valence-corrected chi connectivity index (χ4v) is 3.30. The van der Waals surface area contributed by atoms with Crippen LogP contribution in [0.25, 0.3) is 0 Å². The topological polar surface area (TPSA) is 41.4 Å². The summed E-state index contributed by atoms with van der Waals surface area (Å²) in [5, 5.41) is 4.22. The SMILES string of the molecule is O=C(C1CCCC1)N1CCN(CCn2cccn2)CC1. The molecule has 5 heteroatoms. The first-order valence-corrected chi connectivity index (χ1v) is 7.81. The lowest BCUT2D eigenvalue weighted by molar-refractivity contribution is -0.137. The second-order valence-electron chi connectivity index (χ2n) is 5.92. The lowest BCUT2D eigenvalue weighted by Gasteiger charge is -2.35. The van der Waals surface area contributed by atoms with Crippen molar-refractivity contribution in [3.05, 3.63) is 18.5 Å². The molecule has 5 nitrogen and oxygen atoms in total. The van der Waals surface area contributed by atoms with Crippen LogP contribution >= 0.6 is 0 Å². The number of nitrogens with zero attached hydrogens (tertiary/aromatic N) is 4. The van der Waals surface area contributed by atoms with Crippen LogP contribution in [0, 0.1) is 5.92 Å². The number of carbonyl (C=O) groups is 1. The van der Waals surface area contributed by atoms with Gasteiger partial charge in [-0.25, -0.2) is 0 Å². The minimum absolute atomic E-state index is 0.325. The summed E-state index contributed by atoms with van der Waals surface area (Å²) in [4.78, 5) is 16.9. The summed E-state index contributed by atoms with van der Waals surface area (Å²) in [6.45, 7) is 5.75. The zero-order valence-corrected chi connectivity index (χ0v) is 12.1. The molecule has 2 fully saturated rings. The van der Waals surface area contributed by atoms with Gasteiger partial charge in [-0.2, -0.15) is 5.10 Å². The highest BCUT2D eigenvalue weighted by Crippen LogP contribution is 2.26. The zero-order valence-electron chi connectivity index (χ0n) is 12.1. The van der Waals surface area contributed by atoms with Crippen molar-refractivity contribution in [3.63, 3.8) is 0 Å². The summed E-state index contributed by atoms with van der Waals surface area (Å²) in [6.07, 6.45) is 8.51. The van der Waals surface area contributed by atoms with Crippen molar-refractivity contribution in [2.24, 2.45) is 5.92 Å². The molecule has 1 saturated heterocycles. The Morgan fingerprint density at radius 1 is 1.10 bits per heavy atom. The first-order valence-electron chi connectivity index (χ1n) is 7.81. The van der Waals surface area contributed by atoms with Crippen LogP contribution in [0.4, 0.5) is 0 Å². The standard InChI is InChI=1S/C15H24N4O/c20-15(14-4-1-2-5-14)18-11-8-17(9-12-18)10-13-19-7-3-6-16-19/h3,6-7,14H,1-2,4-5,8-13H2. The number of hydrogen-bond acceptors (Lipinski definition) is 3. The van der Waals surface area contributed by atoms with Crippen LogP contribution in [0.1, 0.15) is 25.7 Å². The van der Waals surface area contributed by atoms with Crippen LogP contribution in [-0.4, -0.2) is 58.2 Å². The molecule has 0 atom stereocenters. The second kappa shape index (κ2) is 6.39. The first kappa shape index (κ1) is 13.6. The van der Waals surface area contributed by atoms with Crippen LogP contribution in [0.3, 0.4) is 0 Å². The van der Waals surface area contributed by atoms with Gasteiger partial charge in [0.1, 0.15) is 0 Å². The molecule has 2 aliphatic rings. The zero-order chi connectivity index (χ0) is 13.8. The van der Waals surface area contributed by atoms with Crippen LogP contribution in [0.2, 0.25) is 0 Å². The quantitative estimate of drug-likeness (QED) is 0.830. The largest absolute Gasteiger partial charge is 0.340 e. The molecule has 0 N–H and O–H groups in total. The van der Waals surface area contributed by atoms with E-state index in [9.17, 15) is 4.79 Å². The molecule has 0 unspecified atom stereocenters. The van der Waals surface area contributed by atoms with Gasteiger partial charge < -0.3 is 4.90 Å². The van der Waals surface area contributed by atoms with Crippen LogP contribution in [0.15, 0.2) is 18.5 Å². The summed E-state index contributed by atoms with van der Waals surface area (Å²) in [5.41, 5.74) is 0. The normalized spacial score (nSPS) is 21.5. The molecular formula is C15H24N4O. The van der Waals surface area contributed by atoms with Gasteiger partial charge in [-0.15, -0.1) is 0 Å². The van der Waals surface area contributed by atoms with Crippen LogP contribution in [0.5, 0.6) is 0 Å². The van der Waals surface area contributed by atoms with Gasteiger partial charge in [0, 0.05) is 51.0 Å². The lowest BCUT2D eigenvalue weighted by Crippen LogP contribution is -2.50. The molecule has 110 valence electrons. The van der Waals surface area contributed by atoms with E-state index >= 15 is 0 Å². The van der Waals surface area contributed by atoms with E-state index < -0.39 is 0 Å². The van der Waals surface area contributed by atoms with E-state index in [-0.39, 0.29) is 0 Å². The third kappa shape index (κ3) is 3.20. The molecule has 0 spiro atoms. The van der Waals surface area contributed by atoms with E-state index in [1.807, 2.05) is 23.1 Å². The molecule has 0 radical (unpaired) electrons. The van der Waals surface area contributed by atoms with Gasteiger partial charge in [0.2, 0.25) is 5.91 Å². The van der Waals surface area contributed by atoms with E-state index in [0.29, 0.717) is 11.8 Å². The maximum absolute atomic E-state index is 12.3. The summed E-state index contributed by atoms with van der Waals surface area (Å²) in [7, 11) is 0. The average Bonchev–Trinajstić information content (AvgIpc) is 3.18. The van der Waals surface area contributed by atoms with Gasteiger partial charge in [-0.1, -0.05) is 12.8 Å². The minimum atomic E-state index is 0.325. The Hall–Kier alpha value is -1.36. The molecule has 1 amide bonds. The van der Waals surface area contributed by atoms with Gasteiger partial charge >= 0.3 is 0 Å². The van der Waals surface area contributed by atoms with Crippen molar-refractivity contribution in [1.82, 2.24) is 19.6 Å². The summed E-state index contributed by atoms with van der Waals surface area (Å²) in [5.74, 6) is 0.736. The Morgan fingerprint density at radius 3 is 2.50 bits per heavy atom. The predicted molar refractivity (Wildman–Crippen MR) is 77.2 cm³/mol. The van der Waals surface area contributed by atoms with Crippen molar-refractivity contribution in [2.75, 3.05) is 32.7 Å². The third-order valence-electron chi connectivity index (χ3n) is 4.59. The summed E-state index contributed by atoms with van der Waals surface area (Å²) in [6, 6.07) is 1.96. The van der Waals surface area contributed by atoms with Gasteiger partial charge in [0.25, 0.3) is 0 Å². The van der Waals surface area contributed by atoms with Gasteiger partial charge in [-0.05, 0) is 18.9 Å². The molecule has 1 aliphatic heterocycles. The van der Waals surface area contributed by atoms with E-state index in [4.69, 9.17) is 0 Å². The van der Waals surface area contributed by atoms with Crippen LogP contribution in [-0.2, 0) is 11.3 Å². The number of aromatic nitrogens is 2. The predicted octanol–water partition coefficient (Wildman–Crippen LogP) is 1.22. The Labute approximate surface area is 120 Å². The van der Waals surface area contributed by atoms with Crippen molar-refractivity contribution >= 4 is 5.91 Å². The van der Waals surface area contributed by atoms with Gasteiger partial charge in [-0.3, -0.25) is 14.4 Å². The van der Waals surface area contributed by atoms with Crippen molar-refractivity contribution < 1.29 is 4.79 Å². The summed E-state index contributed by atoms with van der Waals surface area (Å²) < 4.78 is 1.97. The molecule has 1 saturated carbocycles. The number of amides is 1. The van der Waals surface area contributed by atoms with E-state index in [1.165, 1.54) is 12.8 Å². The number of hydrogen-bond donors (Lipinski definition) is 0. The Bertz CT molecular complexity index is 417. The summed E-state index contributed by atoms with van der Waals surface area (Å²) >= 11 is 0. The van der Waals surface area contributed by atoms with Crippen LogP contribution < -0.4 is 0 Å². The molecule has 2 heterocycles. The highest BCUT2D eigenvalue weighted by Gasteiger charge is 2.29. The van der Waals surface area contributed by atoms with E-state index in [1.54, 1.807) is 0 Å². The molecule has 1 aliphatic carbocycles. The fraction of sp³-hybridized carbons (Fsp3) is 0.733. The molecular weight excluding hydrogens is 252 g/mol. The maximum atomic E-state index is 12.3. The van der Waals surface area contributed by atoms with Gasteiger partial charge in [0.15, 0.2) is 0 Å². The fourth-order valence-electron chi connectivity index (χ4n) is 3.30. The first-order chi connectivity index (χ1) is 9.83. The molecule has 0 aromatic carbocycles. The number of rotatable bonds is 4. The minimum Gasteiger partial charge on any atom is -0.340 e. The Morgan fingerprint density at radius 2 is 1.85 bits per heavy atom. The molecule has 0 bridgehead atoms. The Kier molecular flexibility index (Phi) is 4.35. The average molecular weight is 276 g/mol. The van der Waals surface area contributed by atoms with Gasteiger partial charge in [0.05, 0.1) is 6.54 Å². The smallest absolute Gasteiger partial charge is 0.225 e. The third-order valence-corrected chi connectivity index (χ3v) is 4.59. The van der Waals surface area contributed by atoms with Crippen molar-refractivity contribution in [1.29, 1.82) is 0 Å². The maximum Gasteiger partial charge on any atom is 0.225 e. The molecule has 1 aromatic heterocycles. The molecule has 1 aromatic rings. The number of piperazine rings is 1. The highest BCUT2D eigenvalue weighted by molar-refractivity contribution is 5.79. The highest BCUT2D eigenvalue weighted by atomic mass is 16.2. The Balaban J connectivity index is 1.41. The van der Waals surface area contributed by atoms with Crippen molar-refractivity contribution in [2.45, 2.75) is 32.2 Å².